The van der Waals surface area contributed by atoms with E-state index >= 15 is 0 Å². The zero-order chi connectivity index (χ0) is 39.9. The molecule has 6 saturated heterocycles. The van der Waals surface area contributed by atoms with Crippen LogP contribution in [-0.2, 0) is 27.2 Å². The van der Waals surface area contributed by atoms with E-state index in [0.717, 1.165) is 63.6 Å². The number of rotatable bonds is 5. The summed E-state index contributed by atoms with van der Waals surface area (Å²) in [6.45, 7) is 1.86. The predicted octanol–water partition coefficient (Wildman–Crippen LogP) is 6.71. The van der Waals surface area contributed by atoms with E-state index in [1.807, 2.05) is 48.5 Å². The standard InChI is InChI=1S/C20H15BrCl2N2O3.C13H13BrN2O2.C6H8N2O2/c21-14-5-2-12(3-6-14)11-20-8-1-9-24(20)19(28)25(18(20)27)17(26)13-4-7-15(22)16(23)10-13;14-10-4-2-9(3-5-10)8-13-6-1-7-16(13)12(18)15-11(13)17;9-5-4-2-1-3-8(4)6(10)7-5/h2-7,10H,1,8-9,11H2;2-5H,1,6-8H2,(H,15,17,18);4H,1-3H2,(H,7,9,10). The lowest BCUT2D eigenvalue weighted by Crippen LogP contribution is -2.47. The van der Waals surface area contributed by atoms with Gasteiger partial charge in [-0.05, 0) is 92.1 Å². The van der Waals surface area contributed by atoms with Gasteiger partial charge in [-0.2, -0.15) is 4.90 Å². The Morgan fingerprint density at radius 1 is 0.696 bits per heavy atom. The molecule has 13 nitrogen and oxygen atoms in total. The van der Waals surface area contributed by atoms with Crippen LogP contribution in [0.4, 0.5) is 14.4 Å². The topological polar surface area (TPSA) is 157 Å². The number of hydrogen-bond acceptors (Lipinski definition) is 7. The lowest BCUT2D eigenvalue weighted by Gasteiger charge is -2.28. The van der Waals surface area contributed by atoms with Crippen LogP contribution in [0.3, 0.4) is 0 Å². The maximum absolute atomic E-state index is 13.3. The summed E-state index contributed by atoms with van der Waals surface area (Å²) < 4.78 is 1.95. The lowest BCUT2D eigenvalue weighted by atomic mass is 9.88. The van der Waals surface area contributed by atoms with E-state index in [-0.39, 0.29) is 40.5 Å². The molecule has 6 heterocycles. The zero-order valence-electron chi connectivity index (χ0n) is 29.9. The van der Waals surface area contributed by atoms with Gasteiger partial charge in [0.2, 0.25) is 0 Å². The highest BCUT2D eigenvalue weighted by Gasteiger charge is 2.61. The third-order valence-electron chi connectivity index (χ3n) is 11.1. The number of amides is 10. The summed E-state index contributed by atoms with van der Waals surface area (Å²) in [5, 5.41) is 5.18. The average Bonchev–Trinajstić information content (AvgIpc) is 4.02. The fourth-order valence-corrected chi connectivity index (χ4v) is 9.20. The lowest BCUT2D eigenvalue weighted by molar-refractivity contribution is -0.131. The summed E-state index contributed by atoms with van der Waals surface area (Å²) in [5.41, 5.74) is 0.493. The zero-order valence-corrected chi connectivity index (χ0v) is 34.5. The maximum atomic E-state index is 13.3. The molecular formula is C39H36Br2Cl2N6O7. The number of urea groups is 3. The highest BCUT2D eigenvalue weighted by atomic mass is 79.9. The molecular weight excluding hydrogens is 895 g/mol. The molecule has 3 aromatic rings. The smallest absolute Gasteiger partial charge is 0.312 e. The van der Waals surface area contributed by atoms with Gasteiger partial charge in [-0.1, -0.05) is 79.3 Å². The summed E-state index contributed by atoms with van der Waals surface area (Å²) in [7, 11) is 0. The van der Waals surface area contributed by atoms with E-state index in [1.165, 1.54) is 23.1 Å². The molecule has 3 unspecified atom stereocenters. The minimum absolute atomic E-state index is 0.123. The second kappa shape index (κ2) is 15.9. The quantitative estimate of drug-likeness (QED) is 0.213. The number of halogens is 4. The highest BCUT2D eigenvalue weighted by Crippen LogP contribution is 2.41. The van der Waals surface area contributed by atoms with E-state index in [0.29, 0.717) is 37.4 Å². The molecule has 6 aliphatic heterocycles. The first-order valence-electron chi connectivity index (χ1n) is 18.1. The largest absolute Gasteiger partial charge is 0.334 e. The average molecular weight is 931 g/mol. The number of imide groups is 5. The molecule has 0 radical (unpaired) electrons. The van der Waals surface area contributed by atoms with Crippen LogP contribution in [-0.4, -0.2) is 98.1 Å². The van der Waals surface area contributed by atoms with Crippen molar-refractivity contribution in [2.45, 2.75) is 68.5 Å². The number of hydrogen-bond donors (Lipinski definition) is 2. The van der Waals surface area contributed by atoms with Crippen LogP contribution in [0.1, 0.15) is 60.0 Å². The third-order valence-corrected chi connectivity index (χ3v) is 12.9. The summed E-state index contributed by atoms with van der Waals surface area (Å²) in [5.74, 6) is -1.43. The van der Waals surface area contributed by atoms with Gasteiger partial charge in [0, 0.05) is 47.0 Å². The van der Waals surface area contributed by atoms with Crippen LogP contribution >= 0.6 is 55.1 Å². The third kappa shape index (κ3) is 7.34. The fraction of sp³-hybridized carbons (Fsp3) is 0.359. The van der Waals surface area contributed by atoms with E-state index < -0.39 is 28.9 Å². The first kappa shape index (κ1) is 39.9. The molecule has 292 valence electrons. The van der Waals surface area contributed by atoms with Gasteiger partial charge >= 0.3 is 18.1 Å². The van der Waals surface area contributed by atoms with E-state index in [1.54, 1.807) is 9.80 Å². The SMILES string of the molecule is O=C(c1ccc(Cl)c(Cl)c1)N1C(=O)N2CCCC2(Cc2ccc(Br)cc2)C1=O.O=C1NC(=O)C2(Cc3ccc(Br)cc3)CCCN12.O=C1NC(=O)N2CCCC12. The van der Waals surface area contributed by atoms with Crippen molar-refractivity contribution < 1.29 is 33.6 Å². The Morgan fingerprint density at radius 2 is 1.29 bits per heavy atom. The molecule has 56 heavy (non-hydrogen) atoms. The Kier molecular flexibility index (Phi) is 11.3. The van der Waals surface area contributed by atoms with Crippen molar-refractivity contribution in [3.8, 4) is 0 Å². The van der Waals surface area contributed by atoms with E-state index in [9.17, 15) is 33.6 Å². The van der Waals surface area contributed by atoms with Crippen LogP contribution in [0.2, 0.25) is 10.0 Å². The summed E-state index contributed by atoms with van der Waals surface area (Å²) in [6.07, 6.45) is 5.66. The van der Waals surface area contributed by atoms with Gasteiger partial charge in [0.15, 0.2) is 0 Å². The molecule has 17 heteroatoms. The molecule has 0 bridgehead atoms. The molecule has 0 spiro atoms. The van der Waals surface area contributed by atoms with Crippen molar-refractivity contribution in [1.29, 1.82) is 0 Å². The Hall–Kier alpha value is -4.31. The first-order chi connectivity index (χ1) is 26.7. The Bertz CT molecular complexity index is 2120. The Morgan fingerprint density at radius 3 is 1.89 bits per heavy atom. The summed E-state index contributed by atoms with van der Waals surface area (Å²) in [6, 6.07) is 18.6. The Balaban J connectivity index is 0.000000145. The summed E-state index contributed by atoms with van der Waals surface area (Å²) in [4.78, 5) is 90.3. The molecule has 3 atom stereocenters. The van der Waals surface area contributed by atoms with Gasteiger partial charge in [0.25, 0.3) is 23.6 Å². The number of benzene rings is 3. The number of fused-ring (bicyclic) bond motifs is 3. The van der Waals surface area contributed by atoms with Gasteiger partial charge in [-0.15, -0.1) is 0 Å². The molecule has 6 aliphatic rings. The molecule has 2 N–H and O–H groups in total. The van der Waals surface area contributed by atoms with E-state index in [2.05, 4.69) is 42.5 Å². The molecule has 0 aromatic heterocycles. The molecule has 0 saturated carbocycles. The predicted molar refractivity (Wildman–Crippen MR) is 213 cm³/mol. The number of nitrogens with one attached hydrogen (secondary N) is 2. The Labute approximate surface area is 349 Å². The van der Waals surface area contributed by atoms with Gasteiger partial charge in [0.1, 0.15) is 17.1 Å². The fourth-order valence-electron chi connectivity index (χ4n) is 8.37. The van der Waals surface area contributed by atoms with Crippen LogP contribution < -0.4 is 10.6 Å². The second-order valence-electron chi connectivity index (χ2n) is 14.4. The van der Waals surface area contributed by atoms with Gasteiger partial charge in [0.05, 0.1) is 10.0 Å². The van der Waals surface area contributed by atoms with Crippen LogP contribution in [0, 0.1) is 0 Å². The minimum atomic E-state index is -1.02. The highest BCUT2D eigenvalue weighted by molar-refractivity contribution is 9.10. The number of carbonyl (C=O) groups is 7. The molecule has 10 amide bonds. The monoisotopic (exact) mass is 928 g/mol. The normalized spacial score (nSPS) is 24.7. The van der Waals surface area contributed by atoms with E-state index in [4.69, 9.17) is 23.2 Å². The van der Waals surface area contributed by atoms with Crippen molar-refractivity contribution in [1.82, 2.24) is 30.2 Å². The van der Waals surface area contributed by atoms with Gasteiger partial charge in [-0.25, -0.2) is 14.4 Å². The second-order valence-corrected chi connectivity index (χ2v) is 17.1. The molecule has 0 aliphatic carbocycles. The first-order valence-corrected chi connectivity index (χ1v) is 20.5. The number of nitrogens with zero attached hydrogens (tertiary/aromatic N) is 4. The molecule has 3 aromatic carbocycles. The van der Waals surface area contributed by atoms with Gasteiger partial charge < -0.3 is 14.7 Å². The molecule has 9 rings (SSSR count). The van der Waals surface area contributed by atoms with Crippen molar-refractivity contribution in [3.05, 3.63) is 102 Å². The summed E-state index contributed by atoms with van der Waals surface area (Å²) >= 11 is 18.7. The van der Waals surface area contributed by atoms with Gasteiger partial charge in [-0.3, -0.25) is 29.8 Å². The van der Waals surface area contributed by atoms with Crippen LogP contribution in [0.15, 0.2) is 75.7 Å². The van der Waals surface area contributed by atoms with Crippen LogP contribution in [0.25, 0.3) is 0 Å². The maximum Gasteiger partial charge on any atom is 0.334 e. The van der Waals surface area contributed by atoms with Crippen molar-refractivity contribution >= 4 is 96.8 Å². The van der Waals surface area contributed by atoms with Crippen molar-refractivity contribution in [2.24, 2.45) is 0 Å². The molecule has 6 fully saturated rings. The van der Waals surface area contributed by atoms with Crippen molar-refractivity contribution in [3.63, 3.8) is 0 Å². The van der Waals surface area contributed by atoms with Crippen LogP contribution in [0.5, 0.6) is 0 Å². The van der Waals surface area contributed by atoms with Crippen molar-refractivity contribution in [2.75, 3.05) is 19.6 Å². The number of carbonyl (C=O) groups excluding carboxylic acids is 7. The minimum Gasteiger partial charge on any atom is -0.312 e.